The van der Waals surface area contributed by atoms with Gasteiger partial charge in [-0.2, -0.15) is 0 Å². The third-order valence-corrected chi connectivity index (χ3v) is 4.21. The van der Waals surface area contributed by atoms with Crippen molar-refractivity contribution in [2.45, 2.75) is 20.8 Å². The van der Waals surface area contributed by atoms with Gasteiger partial charge in [-0.1, -0.05) is 47.0 Å². The molecule has 0 aromatic heterocycles. The van der Waals surface area contributed by atoms with Crippen molar-refractivity contribution in [1.29, 1.82) is 0 Å². The predicted molar refractivity (Wildman–Crippen MR) is 106 cm³/mol. The number of rotatable bonds is 5. The molecule has 0 radical (unpaired) electrons. The Hall–Kier alpha value is -2.30. The number of ether oxygens (including phenoxy) is 1. The number of nitrogens with one attached hydrogen (secondary N) is 1. The highest BCUT2D eigenvalue weighted by molar-refractivity contribution is 6.35. The largest absolute Gasteiger partial charge is 0.452 e. The van der Waals surface area contributed by atoms with Crippen molar-refractivity contribution in [3.63, 3.8) is 0 Å². The third kappa shape index (κ3) is 5.61. The van der Waals surface area contributed by atoms with Gasteiger partial charge in [0.1, 0.15) is 0 Å². The number of esters is 1. The molecule has 0 unspecified atom stereocenters. The van der Waals surface area contributed by atoms with Gasteiger partial charge in [-0.3, -0.25) is 4.79 Å². The highest BCUT2D eigenvalue weighted by atomic mass is 35.5. The molecule has 0 aliphatic carbocycles. The number of hydrogen-bond donors (Lipinski definition) is 1. The van der Waals surface area contributed by atoms with Crippen LogP contribution in [0.1, 0.15) is 22.3 Å². The summed E-state index contributed by atoms with van der Waals surface area (Å²) in [5.74, 6) is -1.03. The van der Waals surface area contributed by atoms with Crippen LogP contribution in [0, 0.1) is 20.8 Å². The molecule has 2 rings (SSSR count). The summed E-state index contributed by atoms with van der Waals surface area (Å²) in [6.45, 7) is 5.46. The molecular formula is C20H19Cl2NO3. The lowest BCUT2D eigenvalue weighted by molar-refractivity contribution is -0.142. The number of halogens is 2. The second kappa shape index (κ2) is 8.88. The maximum absolute atomic E-state index is 12.0. The Kier molecular flexibility index (Phi) is 6.83. The molecule has 0 bridgehead atoms. The smallest absolute Gasteiger partial charge is 0.331 e. The standard InChI is InChI=1S/C20H19Cl2NO3/c1-12-8-13(2)20(14(3)9-12)23-18(24)11-26-19(25)7-5-15-4-6-16(21)10-17(15)22/h4-10H,11H2,1-3H3,(H,23,24)/b7-5+. The zero-order valence-corrected chi connectivity index (χ0v) is 16.2. The third-order valence-electron chi connectivity index (χ3n) is 3.65. The summed E-state index contributed by atoms with van der Waals surface area (Å²) in [5, 5.41) is 3.70. The number of carbonyl (C=O) groups is 2. The zero-order valence-electron chi connectivity index (χ0n) is 14.7. The van der Waals surface area contributed by atoms with Crippen LogP contribution in [0.25, 0.3) is 6.08 Å². The summed E-state index contributed by atoms with van der Waals surface area (Å²) >= 11 is 11.8. The minimum atomic E-state index is -0.636. The van der Waals surface area contributed by atoms with Crippen LogP contribution in [0.5, 0.6) is 0 Å². The fourth-order valence-corrected chi connectivity index (χ4v) is 3.00. The first-order valence-electron chi connectivity index (χ1n) is 7.94. The van der Waals surface area contributed by atoms with E-state index in [1.54, 1.807) is 18.2 Å². The van der Waals surface area contributed by atoms with Crippen LogP contribution in [0.3, 0.4) is 0 Å². The fourth-order valence-electron chi connectivity index (χ4n) is 2.53. The topological polar surface area (TPSA) is 55.4 Å². The van der Waals surface area contributed by atoms with Crippen molar-refractivity contribution < 1.29 is 14.3 Å². The van der Waals surface area contributed by atoms with E-state index in [9.17, 15) is 9.59 Å². The maximum Gasteiger partial charge on any atom is 0.331 e. The van der Waals surface area contributed by atoms with Crippen LogP contribution in [0.2, 0.25) is 10.0 Å². The van der Waals surface area contributed by atoms with Crippen LogP contribution in [0.4, 0.5) is 5.69 Å². The maximum atomic E-state index is 12.0. The summed E-state index contributed by atoms with van der Waals surface area (Å²) in [4.78, 5) is 23.8. The number of carbonyl (C=O) groups excluding carboxylic acids is 2. The van der Waals surface area contributed by atoms with Gasteiger partial charge < -0.3 is 10.1 Å². The van der Waals surface area contributed by atoms with Gasteiger partial charge in [0.05, 0.1) is 0 Å². The van der Waals surface area contributed by atoms with Gasteiger partial charge in [0.15, 0.2) is 6.61 Å². The van der Waals surface area contributed by atoms with E-state index in [-0.39, 0.29) is 6.61 Å². The molecule has 0 aliphatic rings. The van der Waals surface area contributed by atoms with Crippen molar-refractivity contribution in [3.8, 4) is 0 Å². The molecule has 0 heterocycles. The van der Waals surface area contributed by atoms with Crippen molar-refractivity contribution in [1.82, 2.24) is 0 Å². The van der Waals surface area contributed by atoms with Crippen molar-refractivity contribution in [3.05, 3.63) is 68.7 Å². The Morgan fingerprint density at radius 1 is 1.08 bits per heavy atom. The van der Waals surface area contributed by atoms with E-state index < -0.39 is 11.9 Å². The predicted octanol–water partition coefficient (Wildman–Crippen LogP) is 5.11. The summed E-state index contributed by atoms with van der Waals surface area (Å²) in [7, 11) is 0. The molecule has 0 fully saturated rings. The first-order valence-corrected chi connectivity index (χ1v) is 8.69. The summed E-state index contributed by atoms with van der Waals surface area (Å²) in [6, 6.07) is 8.89. The average Bonchev–Trinajstić information content (AvgIpc) is 2.55. The van der Waals surface area contributed by atoms with Crippen LogP contribution >= 0.6 is 23.2 Å². The van der Waals surface area contributed by atoms with Crippen molar-refractivity contribution in [2.75, 3.05) is 11.9 Å². The number of amides is 1. The normalized spacial score (nSPS) is 10.8. The van der Waals surface area contributed by atoms with Gasteiger partial charge in [0, 0.05) is 21.8 Å². The number of anilines is 1. The van der Waals surface area contributed by atoms with E-state index in [1.165, 1.54) is 12.2 Å². The highest BCUT2D eigenvalue weighted by Gasteiger charge is 2.10. The van der Waals surface area contributed by atoms with Crippen molar-refractivity contribution in [2.24, 2.45) is 0 Å². The Balaban J connectivity index is 1.91. The molecule has 136 valence electrons. The minimum Gasteiger partial charge on any atom is -0.452 e. The van der Waals surface area contributed by atoms with Gasteiger partial charge in [0.25, 0.3) is 5.91 Å². The van der Waals surface area contributed by atoms with Crippen LogP contribution in [0.15, 0.2) is 36.4 Å². The van der Waals surface area contributed by atoms with E-state index in [0.717, 1.165) is 22.4 Å². The lowest BCUT2D eigenvalue weighted by Gasteiger charge is -2.12. The lowest BCUT2D eigenvalue weighted by atomic mass is 10.1. The first kappa shape index (κ1) is 20.0. The van der Waals surface area contributed by atoms with E-state index in [1.807, 2.05) is 32.9 Å². The Morgan fingerprint density at radius 2 is 1.73 bits per heavy atom. The lowest BCUT2D eigenvalue weighted by Crippen LogP contribution is -2.21. The van der Waals surface area contributed by atoms with Gasteiger partial charge in [0.2, 0.25) is 0 Å². The second-order valence-corrected chi connectivity index (χ2v) is 6.77. The second-order valence-electron chi connectivity index (χ2n) is 5.93. The van der Waals surface area contributed by atoms with Gasteiger partial charge >= 0.3 is 5.97 Å². The van der Waals surface area contributed by atoms with E-state index in [4.69, 9.17) is 27.9 Å². The van der Waals surface area contributed by atoms with Gasteiger partial charge in [-0.15, -0.1) is 0 Å². The molecule has 0 saturated heterocycles. The molecule has 2 aromatic rings. The number of aryl methyl sites for hydroxylation is 3. The van der Waals surface area contributed by atoms with Crippen LogP contribution < -0.4 is 5.32 Å². The van der Waals surface area contributed by atoms with Crippen LogP contribution in [-0.4, -0.2) is 18.5 Å². The van der Waals surface area contributed by atoms with Crippen molar-refractivity contribution >= 4 is 46.8 Å². The fraction of sp³-hybridized carbons (Fsp3) is 0.200. The first-order chi connectivity index (χ1) is 12.3. The molecule has 0 aliphatic heterocycles. The van der Waals surface area contributed by atoms with Gasteiger partial charge in [-0.25, -0.2) is 4.79 Å². The molecule has 0 spiro atoms. The SMILES string of the molecule is Cc1cc(C)c(NC(=O)COC(=O)/C=C/c2ccc(Cl)cc2Cl)c(C)c1. The summed E-state index contributed by atoms with van der Waals surface area (Å²) in [5.41, 5.74) is 4.40. The van der Waals surface area contributed by atoms with Gasteiger partial charge in [-0.05, 0) is 55.7 Å². The van der Waals surface area contributed by atoms with E-state index in [2.05, 4.69) is 5.32 Å². The van der Waals surface area contributed by atoms with E-state index >= 15 is 0 Å². The summed E-state index contributed by atoms with van der Waals surface area (Å²) in [6.07, 6.45) is 2.72. The molecule has 4 nitrogen and oxygen atoms in total. The minimum absolute atomic E-state index is 0.371. The number of hydrogen-bond acceptors (Lipinski definition) is 3. The number of benzene rings is 2. The van der Waals surface area contributed by atoms with Crippen LogP contribution in [-0.2, 0) is 14.3 Å². The molecule has 26 heavy (non-hydrogen) atoms. The Labute approximate surface area is 162 Å². The average molecular weight is 392 g/mol. The zero-order chi connectivity index (χ0) is 19.3. The summed E-state index contributed by atoms with van der Waals surface area (Å²) < 4.78 is 4.96. The molecule has 0 atom stereocenters. The monoisotopic (exact) mass is 391 g/mol. The molecule has 2 aromatic carbocycles. The molecule has 6 heteroatoms. The molecule has 0 saturated carbocycles. The Morgan fingerprint density at radius 3 is 2.35 bits per heavy atom. The quantitative estimate of drug-likeness (QED) is 0.568. The molecule has 1 N–H and O–H groups in total. The molecular weight excluding hydrogens is 373 g/mol. The Bertz CT molecular complexity index is 852. The highest BCUT2D eigenvalue weighted by Crippen LogP contribution is 2.23. The van der Waals surface area contributed by atoms with E-state index in [0.29, 0.717) is 15.6 Å². The molecule has 1 amide bonds.